The Morgan fingerprint density at radius 1 is 1.15 bits per heavy atom. The van der Waals surface area contributed by atoms with Crippen LogP contribution in [0.2, 0.25) is 0 Å². The van der Waals surface area contributed by atoms with Crippen LogP contribution in [0.5, 0.6) is 0 Å². The molecule has 9 nitrogen and oxygen atoms in total. The number of nitrogens with one attached hydrogen (secondary N) is 3. The number of fused-ring (bicyclic) bond motifs is 1. The normalized spacial score (nSPS) is 14.2. The van der Waals surface area contributed by atoms with Crippen LogP contribution in [0, 0.1) is 6.92 Å². The molecule has 3 N–H and O–H groups in total. The Balaban J connectivity index is 1.84. The van der Waals surface area contributed by atoms with E-state index >= 15 is 0 Å². The summed E-state index contributed by atoms with van der Waals surface area (Å²) >= 11 is 0. The van der Waals surface area contributed by atoms with Crippen LogP contribution in [-0.2, 0) is 21.4 Å². The third-order valence-electron chi connectivity index (χ3n) is 5.64. The van der Waals surface area contributed by atoms with Crippen molar-refractivity contribution < 1.29 is 18.0 Å². The largest absolute Gasteiger partial charge is 0.355 e. The zero-order valence-corrected chi connectivity index (χ0v) is 20.3. The molecule has 3 heterocycles. The Hall–Kier alpha value is -3.50. The van der Waals surface area contributed by atoms with Gasteiger partial charge in [-0.25, -0.2) is 13.4 Å². The van der Waals surface area contributed by atoms with Crippen LogP contribution in [0.3, 0.4) is 0 Å². The van der Waals surface area contributed by atoms with Gasteiger partial charge in [-0.15, -0.1) is 0 Å². The summed E-state index contributed by atoms with van der Waals surface area (Å²) in [6.07, 6.45) is 1.56. The highest BCUT2D eigenvalue weighted by Crippen LogP contribution is 2.39. The van der Waals surface area contributed by atoms with Gasteiger partial charge in [-0.1, -0.05) is 17.7 Å². The Morgan fingerprint density at radius 2 is 1.85 bits per heavy atom. The molecule has 10 heteroatoms. The second-order valence-corrected chi connectivity index (χ2v) is 11.1. The van der Waals surface area contributed by atoms with Crippen molar-refractivity contribution in [2.24, 2.45) is 0 Å². The van der Waals surface area contributed by atoms with E-state index in [-0.39, 0.29) is 24.8 Å². The van der Waals surface area contributed by atoms with Gasteiger partial charge in [0, 0.05) is 30.1 Å². The summed E-state index contributed by atoms with van der Waals surface area (Å²) in [5.74, 6) is -0.175. The summed E-state index contributed by atoms with van der Waals surface area (Å²) in [5.41, 5.74) is 4.69. The zero-order chi connectivity index (χ0) is 24.6. The fraction of sp³-hybridized carbons (Fsp3) is 0.292. The number of nitrogens with zero attached hydrogens (tertiary/aromatic N) is 2. The van der Waals surface area contributed by atoms with Gasteiger partial charge in [0.15, 0.2) is 5.78 Å². The predicted octanol–water partition coefficient (Wildman–Crippen LogP) is 3.82. The Morgan fingerprint density at radius 3 is 2.50 bits per heavy atom. The SMILES string of the molecule is CC(=O)Nc1cc(-c2[nH]c3c(c2Nc2ccc(C)cc2)C(=O)CN(S(=O)(=O)C(C)C)C3)ccn1. The van der Waals surface area contributed by atoms with Crippen molar-refractivity contribution in [3.63, 3.8) is 0 Å². The number of hydrogen-bond acceptors (Lipinski definition) is 6. The number of hydrogen-bond donors (Lipinski definition) is 3. The molecule has 0 spiro atoms. The smallest absolute Gasteiger partial charge is 0.222 e. The summed E-state index contributed by atoms with van der Waals surface area (Å²) in [6, 6.07) is 11.2. The Labute approximate surface area is 198 Å². The molecular formula is C24H27N5O4S. The molecule has 1 aliphatic heterocycles. The van der Waals surface area contributed by atoms with E-state index in [0.29, 0.717) is 34.0 Å². The van der Waals surface area contributed by atoms with Gasteiger partial charge >= 0.3 is 0 Å². The van der Waals surface area contributed by atoms with Crippen LogP contribution in [0.1, 0.15) is 42.4 Å². The molecule has 0 bridgehead atoms. The molecule has 0 saturated carbocycles. The highest BCUT2D eigenvalue weighted by atomic mass is 32.2. The average Bonchev–Trinajstić information content (AvgIpc) is 3.14. The monoisotopic (exact) mass is 481 g/mol. The maximum atomic E-state index is 13.3. The maximum Gasteiger partial charge on any atom is 0.222 e. The summed E-state index contributed by atoms with van der Waals surface area (Å²) in [4.78, 5) is 32.2. The number of anilines is 3. The van der Waals surface area contributed by atoms with Crippen molar-refractivity contribution >= 4 is 38.9 Å². The number of aromatic nitrogens is 2. The number of Topliss-reactive ketones (excluding diaryl/α,β-unsaturated/α-hetero) is 1. The van der Waals surface area contributed by atoms with E-state index in [1.54, 1.807) is 32.2 Å². The Kier molecular flexibility index (Phi) is 6.28. The minimum Gasteiger partial charge on any atom is -0.355 e. The van der Waals surface area contributed by atoms with Crippen LogP contribution in [0.4, 0.5) is 17.2 Å². The van der Waals surface area contributed by atoms with Crippen LogP contribution in [0.15, 0.2) is 42.6 Å². The third kappa shape index (κ3) is 4.59. The first-order chi connectivity index (χ1) is 16.1. The number of H-pyrrole nitrogens is 1. The first kappa shape index (κ1) is 23.7. The van der Waals surface area contributed by atoms with Gasteiger partial charge < -0.3 is 15.6 Å². The molecule has 1 amide bonds. The molecule has 0 radical (unpaired) electrons. The second kappa shape index (κ2) is 9.03. The van der Waals surface area contributed by atoms with E-state index in [4.69, 9.17) is 0 Å². The van der Waals surface area contributed by atoms with Crippen LogP contribution >= 0.6 is 0 Å². The van der Waals surface area contributed by atoms with Crippen molar-refractivity contribution in [3.8, 4) is 11.3 Å². The number of aromatic amines is 1. The van der Waals surface area contributed by atoms with Gasteiger partial charge in [0.25, 0.3) is 0 Å². The molecular weight excluding hydrogens is 454 g/mol. The molecule has 178 valence electrons. The van der Waals surface area contributed by atoms with Crippen LogP contribution in [-0.4, -0.2) is 46.2 Å². The van der Waals surface area contributed by atoms with E-state index in [0.717, 1.165) is 11.3 Å². The highest BCUT2D eigenvalue weighted by Gasteiger charge is 2.37. The average molecular weight is 482 g/mol. The molecule has 2 aromatic heterocycles. The molecule has 0 fully saturated rings. The first-order valence-corrected chi connectivity index (χ1v) is 12.4. The molecule has 1 aromatic carbocycles. The van der Waals surface area contributed by atoms with Crippen LogP contribution < -0.4 is 10.6 Å². The van der Waals surface area contributed by atoms with Crippen LogP contribution in [0.25, 0.3) is 11.3 Å². The number of pyridine rings is 1. The van der Waals surface area contributed by atoms with Gasteiger partial charge in [0.1, 0.15) is 5.82 Å². The first-order valence-electron chi connectivity index (χ1n) is 10.9. The third-order valence-corrected chi connectivity index (χ3v) is 7.81. The van der Waals surface area contributed by atoms with Crippen molar-refractivity contribution in [1.82, 2.24) is 14.3 Å². The second-order valence-electron chi connectivity index (χ2n) is 8.62. The maximum absolute atomic E-state index is 13.3. The van der Waals surface area contributed by atoms with Gasteiger partial charge in [0.2, 0.25) is 15.9 Å². The van der Waals surface area contributed by atoms with Crippen molar-refractivity contribution in [3.05, 3.63) is 59.4 Å². The van der Waals surface area contributed by atoms with E-state index < -0.39 is 15.3 Å². The van der Waals surface area contributed by atoms with Crippen molar-refractivity contribution in [2.75, 3.05) is 17.2 Å². The number of carbonyl (C=O) groups is 2. The quantitative estimate of drug-likeness (QED) is 0.492. The van der Waals surface area contributed by atoms with Gasteiger partial charge in [-0.05, 0) is 45.0 Å². The van der Waals surface area contributed by atoms with E-state index in [1.165, 1.54) is 11.2 Å². The molecule has 1 aliphatic rings. The lowest BCUT2D eigenvalue weighted by atomic mass is 10.0. The summed E-state index contributed by atoms with van der Waals surface area (Å²) in [5, 5.41) is 5.37. The summed E-state index contributed by atoms with van der Waals surface area (Å²) < 4.78 is 26.8. The van der Waals surface area contributed by atoms with E-state index in [1.807, 2.05) is 31.2 Å². The molecule has 0 unspecified atom stereocenters. The number of rotatable bonds is 6. The lowest BCUT2D eigenvalue weighted by Gasteiger charge is -2.27. The molecule has 34 heavy (non-hydrogen) atoms. The standard InChI is InChI=1S/C24H27N5O4S/c1-14(2)34(32,33)29-12-19-22(20(31)13-29)24(27-18-7-5-15(3)6-8-18)23(28-19)17-9-10-25-21(11-17)26-16(4)30/h5-11,14,27-28H,12-13H2,1-4H3,(H,25,26,30). The fourth-order valence-electron chi connectivity index (χ4n) is 3.89. The summed E-state index contributed by atoms with van der Waals surface area (Å²) in [7, 11) is -3.61. The Bertz CT molecular complexity index is 1360. The van der Waals surface area contributed by atoms with Gasteiger partial charge in [0.05, 0.1) is 35.3 Å². The number of aryl methyl sites for hydroxylation is 1. The number of amides is 1. The zero-order valence-electron chi connectivity index (χ0n) is 19.5. The lowest BCUT2D eigenvalue weighted by molar-refractivity contribution is -0.114. The molecule has 3 aromatic rings. The highest BCUT2D eigenvalue weighted by molar-refractivity contribution is 7.89. The molecule has 4 rings (SSSR count). The number of ketones is 1. The van der Waals surface area contributed by atoms with E-state index in [9.17, 15) is 18.0 Å². The number of sulfonamides is 1. The molecule has 0 atom stereocenters. The van der Waals surface area contributed by atoms with Crippen molar-refractivity contribution in [2.45, 2.75) is 39.5 Å². The predicted molar refractivity (Wildman–Crippen MR) is 132 cm³/mol. The topological polar surface area (TPSA) is 124 Å². The molecule has 0 aliphatic carbocycles. The fourth-order valence-corrected chi connectivity index (χ4v) is 5.09. The molecule has 0 saturated heterocycles. The summed E-state index contributed by atoms with van der Waals surface area (Å²) in [6.45, 7) is 6.42. The van der Waals surface area contributed by atoms with Gasteiger partial charge in [-0.2, -0.15) is 4.31 Å². The number of carbonyl (C=O) groups excluding carboxylic acids is 2. The minimum atomic E-state index is -3.61. The van der Waals surface area contributed by atoms with Crippen molar-refractivity contribution in [1.29, 1.82) is 0 Å². The minimum absolute atomic E-state index is 0.0633. The van der Waals surface area contributed by atoms with Gasteiger partial charge in [-0.3, -0.25) is 9.59 Å². The number of benzene rings is 1. The van der Waals surface area contributed by atoms with E-state index in [2.05, 4.69) is 20.6 Å². The lowest BCUT2D eigenvalue weighted by Crippen LogP contribution is -2.42.